The van der Waals surface area contributed by atoms with Crippen LogP contribution >= 0.6 is 0 Å². The van der Waals surface area contributed by atoms with Crippen LogP contribution in [0.1, 0.15) is 25.8 Å². The Morgan fingerprint density at radius 1 is 1.25 bits per heavy atom. The first-order chi connectivity index (χ1) is 7.66. The van der Waals surface area contributed by atoms with Gasteiger partial charge < -0.3 is 0 Å². The number of ketones is 1. The molecule has 2 rings (SSSR count). The molecule has 16 heavy (non-hydrogen) atoms. The fourth-order valence-electron chi connectivity index (χ4n) is 2.33. The van der Waals surface area contributed by atoms with Crippen LogP contribution in [0.15, 0.2) is 30.3 Å². The second kappa shape index (κ2) is 4.79. The molecule has 0 amide bonds. The van der Waals surface area contributed by atoms with Gasteiger partial charge in [-0.25, -0.2) is 0 Å². The third kappa shape index (κ3) is 2.50. The number of carbonyl (C=O) groups is 1. The maximum Gasteiger partial charge on any atom is 0.149 e. The fraction of sp³-hybridized carbons (Fsp3) is 0.500. The lowest BCUT2D eigenvalue weighted by Crippen LogP contribution is -2.45. The number of hydrogen-bond acceptors (Lipinski definition) is 2. The molecule has 2 nitrogen and oxygen atoms in total. The summed E-state index contributed by atoms with van der Waals surface area (Å²) in [6.45, 7) is 5.75. The average Bonchev–Trinajstić information content (AvgIpc) is 2.27. The van der Waals surface area contributed by atoms with Crippen LogP contribution in [-0.2, 0) is 11.3 Å². The molecular formula is C14H19NO. The van der Waals surface area contributed by atoms with Gasteiger partial charge in [0, 0.05) is 18.5 Å². The van der Waals surface area contributed by atoms with E-state index < -0.39 is 0 Å². The number of Topliss-reactive ketones (excluding diaryl/α,β-unsaturated/α-hetero) is 1. The monoisotopic (exact) mass is 217 g/mol. The number of carbonyl (C=O) groups excluding carboxylic acids is 1. The Labute approximate surface area is 97.3 Å². The molecule has 1 heterocycles. The molecule has 1 saturated heterocycles. The molecule has 0 unspecified atom stereocenters. The van der Waals surface area contributed by atoms with Crippen LogP contribution in [0.3, 0.4) is 0 Å². The Balaban J connectivity index is 2.02. The largest absolute Gasteiger partial charge is 0.298 e. The molecule has 1 aromatic rings. The summed E-state index contributed by atoms with van der Waals surface area (Å²) in [6.07, 6.45) is 0.992. The summed E-state index contributed by atoms with van der Waals surface area (Å²) >= 11 is 0. The molecule has 86 valence electrons. The van der Waals surface area contributed by atoms with E-state index in [-0.39, 0.29) is 5.92 Å². The van der Waals surface area contributed by atoms with Crippen LogP contribution in [-0.4, -0.2) is 23.3 Å². The van der Waals surface area contributed by atoms with Crippen LogP contribution in [0.5, 0.6) is 0 Å². The van der Waals surface area contributed by atoms with E-state index in [2.05, 4.69) is 24.0 Å². The number of likely N-dealkylation sites (tertiary alicyclic amines) is 1. The van der Waals surface area contributed by atoms with E-state index in [0.29, 0.717) is 18.4 Å². The van der Waals surface area contributed by atoms with Crippen molar-refractivity contribution in [3.8, 4) is 0 Å². The van der Waals surface area contributed by atoms with Crippen LogP contribution in [0.4, 0.5) is 0 Å². The predicted molar refractivity (Wildman–Crippen MR) is 65.1 cm³/mol. The second-order valence-electron chi connectivity index (χ2n) is 4.84. The van der Waals surface area contributed by atoms with Gasteiger partial charge in [-0.05, 0) is 18.9 Å². The van der Waals surface area contributed by atoms with Gasteiger partial charge in [0.05, 0.1) is 6.54 Å². The van der Waals surface area contributed by atoms with Gasteiger partial charge >= 0.3 is 0 Å². The van der Waals surface area contributed by atoms with Crippen molar-refractivity contribution in [1.82, 2.24) is 4.90 Å². The molecule has 0 aromatic heterocycles. The number of benzene rings is 1. The molecule has 2 heteroatoms. The van der Waals surface area contributed by atoms with Gasteiger partial charge in [0.2, 0.25) is 0 Å². The Morgan fingerprint density at radius 2 is 1.94 bits per heavy atom. The van der Waals surface area contributed by atoms with Crippen molar-refractivity contribution in [2.24, 2.45) is 5.92 Å². The molecule has 1 aliphatic rings. The third-order valence-corrected chi connectivity index (χ3v) is 3.46. The normalized spacial score (nSPS) is 27.0. The van der Waals surface area contributed by atoms with Crippen molar-refractivity contribution in [2.45, 2.75) is 32.9 Å². The molecule has 0 saturated carbocycles. The standard InChI is InChI=1S/C14H19NO/c1-11-8-12(2)15(10-14(11)16)9-13-6-4-3-5-7-13/h3-7,11-12H,8-10H2,1-2H3/t11-,12+/m0/s1. The summed E-state index contributed by atoms with van der Waals surface area (Å²) in [6, 6.07) is 10.9. The van der Waals surface area contributed by atoms with E-state index >= 15 is 0 Å². The summed E-state index contributed by atoms with van der Waals surface area (Å²) in [5.74, 6) is 0.621. The second-order valence-corrected chi connectivity index (χ2v) is 4.84. The molecule has 0 radical (unpaired) electrons. The smallest absolute Gasteiger partial charge is 0.149 e. The van der Waals surface area contributed by atoms with Gasteiger partial charge in [0.25, 0.3) is 0 Å². The number of rotatable bonds is 2. The van der Waals surface area contributed by atoms with Gasteiger partial charge in [-0.3, -0.25) is 9.69 Å². The molecule has 0 N–H and O–H groups in total. The van der Waals surface area contributed by atoms with Crippen LogP contribution < -0.4 is 0 Å². The lowest BCUT2D eigenvalue weighted by Gasteiger charge is -2.35. The Bertz CT molecular complexity index is 360. The highest BCUT2D eigenvalue weighted by Crippen LogP contribution is 2.21. The zero-order valence-corrected chi connectivity index (χ0v) is 10.0. The molecule has 0 bridgehead atoms. The minimum absolute atomic E-state index is 0.238. The van der Waals surface area contributed by atoms with Gasteiger partial charge in [-0.15, -0.1) is 0 Å². The van der Waals surface area contributed by atoms with E-state index in [1.807, 2.05) is 25.1 Å². The summed E-state index contributed by atoms with van der Waals surface area (Å²) in [7, 11) is 0. The average molecular weight is 217 g/mol. The highest BCUT2D eigenvalue weighted by atomic mass is 16.1. The zero-order valence-electron chi connectivity index (χ0n) is 10.0. The minimum Gasteiger partial charge on any atom is -0.298 e. The van der Waals surface area contributed by atoms with Crippen molar-refractivity contribution >= 4 is 5.78 Å². The number of piperidine rings is 1. The van der Waals surface area contributed by atoms with Crippen LogP contribution in [0.2, 0.25) is 0 Å². The van der Waals surface area contributed by atoms with Gasteiger partial charge in [-0.1, -0.05) is 37.3 Å². The van der Waals surface area contributed by atoms with Gasteiger partial charge in [0.1, 0.15) is 5.78 Å². The van der Waals surface area contributed by atoms with E-state index in [1.165, 1.54) is 5.56 Å². The van der Waals surface area contributed by atoms with Crippen LogP contribution in [0, 0.1) is 5.92 Å². The van der Waals surface area contributed by atoms with Crippen molar-refractivity contribution in [3.05, 3.63) is 35.9 Å². The minimum atomic E-state index is 0.238. The fourth-order valence-corrected chi connectivity index (χ4v) is 2.33. The van der Waals surface area contributed by atoms with Crippen molar-refractivity contribution in [1.29, 1.82) is 0 Å². The third-order valence-electron chi connectivity index (χ3n) is 3.46. The first-order valence-electron chi connectivity index (χ1n) is 5.97. The number of nitrogens with zero attached hydrogens (tertiary/aromatic N) is 1. The van der Waals surface area contributed by atoms with Gasteiger partial charge in [0.15, 0.2) is 0 Å². The predicted octanol–water partition coefficient (Wildman–Crippen LogP) is 2.49. The van der Waals surface area contributed by atoms with E-state index in [0.717, 1.165) is 13.0 Å². The highest BCUT2D eigenvalue weighted by molar-refractivity contribution is 5.83. The van der Waals surface area contributed by atoms with E-state index in [4.69, 9.17) is 0 Å². The summed E-state index contributed by atoms with van der Waals surface area (Å²) in [5.41, 5.74) is 1.29. The highest BCUT2D eigenvalue weighted by Gasteiger charge is 2.28. The quantitative estimate of drug-likeness (QED) is 0.758. The molecule has 1 fully saturated rings. The molecule has 2 atom stereocenters. The summed E-state index contributed by atoms with van der Waals surface area (Å²) in [5, 5.41) is 0. The van der Waals surface area contributed by atoms with Crippen molar-refractivity contribution in [2.75, 3.05) is 6.54 Å². The van der Waals surface area contributed by atoms with Gasteiger partial charge in [-0.2, -0.15) is 0 Å². The molecule has 0 spiro atoms. The van der Waals surface area contributed by atoms with Crippen molar-refractivity contribution in [3.63, 3.8) is 0 Å². The Kier molecular flexibility index (Phi) is 3.39. The maximum atomic E-state index is 11.7. The summed E-state index contributed by atoms with van der Waals surface area (Å²) in [4.78, 5) is 14.0. The summed E-state index contributed by atoms with van der Waals surface area (Å²) < 4.78 is 0. The van der Waals surface area contributed by atoms with Crippen LogP contribution in [0.25, 0.3) is 0 Å². The maximum absolute atomic E-state index is 11.7. The molecular weight excluding hydrogens is 198 g/mol. The van der Waals surface area contributed by atoms with Crippen molar-refractivity contribution < 1.29 is 4.79 Å². The Morgan fingerprint density at radius 3 is 2.62 bits per heavy atom. The Hall–Kier alpha value is -1.15. The molecule has 1 aromatic carbocycles. The SMILES string of the molecule is C[C@@H]1C[C@H](C)C(=O)CN1Cc1ccccc1. The lowest BCUT2D eigenvalue weighted by molar-refractivity contribution is -0.128. The first-order valence-corrected chi connectivity index (χ1v) is 5.97. The number of hydrogen-bond donors (Lipinski definition) is 0. The zero-order chi connectivity index (χ0) is 11.5. The first kappa shape index (κ1) is 11.3. The van der Waals surface area contributed by atoms with E-state index in [1.54, 1.807) is 0 Å². The topological polar surface area (TPSA) is 20.3 Å². The molecule has 0 aliphatic carbocycles. The lowest BCUT2D eigenvalue weighted by atomic mass is 9.92. The van der Waals surface area contributed by atoms with E-state index in [9.17, 15) is 4.79 Å². The molecule has 1 aliphatic heterocycles.